The summed E-state index contributed by atoms with van der Waals surface area (Å²) in [5.74, 6) is -2.16. The first-order valence-corrected chi connectivity index (χ1v) is 10.4. The second-order valence-corrected chi connectivity index (χ2v) is 7.51. The van der Waals surface area contributed by atoms with Crippen LogP contribution in [0.2, 0.25) is 0 Å². The van der Waals surface area contributed by atoms with Gasteiger partial charge in [0, 0.05) is 24.0 Å². The highest BCUT2D eigenvalue weighted by Crippen LogP contribution is 2.33. The van der Waals surface area contributed by atoms with Gasteiger partial charge in [-0.1, -0.05) is 18.7 Å². The molecule has 2 amide bonds. The molecule has 3 rings (SSSR count). The van der Waals surface area contributed by atoms with E-state index in [9.17, 15) is 32.3 Å². The molecular formula is C25H21F4N3O3. The van der Waals surface area contributed by atoms with Crippen molar-refractivity contribution in [2.45, 2.75) is 18.6 Å². The fourth-order valence-corrected chi connectivity index (χ4v) is 3.44. The number of aromatic nitrogens is 1. The summed E-state index contributed by atoms with van der Waals surface area (Å²) in [4.78, 5) is 30.9. The molecule has 10 heteroatoms. The van der Waals surface area contributed by atoms with Gasteiger partial charge < -0.3 is 10.4 Å². The molecule has 2 N–H and O–H groups in total. The van der Waals surface area contributed by atoms with E-state index in [4.69, 9.17) is 0 Å². The van der Waals surface area contributed by atoms with E-state index < -0.39 is 35.4 Å². The number of nitrogens with one attached hydrogen (secondary N) is 1. The number of halogens is 4. The fraction of sp³-hybridized carbons (Fsp3) is 0.160. The zero-order chi connectivity index (χ0) is 25.6. The summed E-state index contributed by atoms with van der Waals surface area (Å²) in [6.07, 6.45) is -1.01. The topological polar surface area (TPSA) is 82.5 Å². The predicted molar refractivity (Wildman–Crippen MR) is 121 cm³/mol. The van der Waals surface area contributed by atoms with E-state index in [-0.39, 0.29) is 30.0 Å². The largest absolute Gasteiger partial charge is 0.506 e. The Morgan fingerprint density at radius 1 is 1.11 bits per heavy atom. The Bertz CT molecular complexity index is 1210. The molecule has 182 valence electrons. The first-order valence-electron chi connectivity index (χ1n) is 10.4. The van der Waals surface area contributed by atoms with Gasteiger partial charge in [0.1, 0.15) is 17.6 Å². The van der Waals surface area contributed by atoms with Crippen molar-refractivity contribution in [1.29, 1.82) is 0 Å². The van der Waals surface area contributed by atoms with Crippen molar-refractivity contribution in [3.8, 4) is 5.75 Å². The maximum Gasteiger partial charge on any atom is 0.416 e. The quantitative estimate of drug-likeness (QED) is 0.361. The normalized spacial score (nSPS) is 12.0. The summed E-state index contributed by atoms with van der Waals surface area (Å²) in [5, 5.41) is 12.5. The fourth-order valence-electron chi connectivity index (χ4n) is 3.44. The number of amides is 2. The standard InChI is InChI=1S/C25H21F4N3O3/c1-2-22(34)32(20-8-6-18(7-9-20)25(27,28)29)23(17-13-21(33)15-30-14-17)24(35)31-11-10-16-4-3-5-19(26)12-16/h2-9,12-15,23,33H,1,10-11H2,(H,31,35). The minimum absolute atomic E-state index is 0.00322. The number of pyridine rings is 1. The molecule has 0 aliphatic heterocycles. The number of rotatable bonds is 8. The van der Waals surface area contributed by atoms with Gasteiger partial charge in [-0.2, -0.15) is 13.2 Å². The highest BCUT2D eigenvalue weighted by Gasteiger charge is 2.34. The third-order valence-corrected chi connectivity index (χ3v) is 5.05. The molecule has 1 unspecified atom stereocenters. The van der Waals surface area contributed by atoms with Crippen LogP contribution in [0.15, 0.2) is 79.6 Å². The van der Waals surface area contributed by atoms with Crippen LogP contribution in [0, 0.1) is 5.82 Å². The van der Waals surface area contributed by atoms with Gasteiger partial charge in [-0.05, 0) is 60.5 Å². The van der Waals surface area contributed by atoms with Crippen LogP contribution >= 0.6 is 0 Å². The van der Waals surface area contributed by atoms with Gasteiger partial charge in [-0.3, -0.25) is 19.5 Å². The van der Waals surface area contributed by atoms with E-state index in [2.05, 4.69) is 16.9 Å². The van der Waals surface area contributed by atoms with E-state index in [1.807, 2.05) is 0 Å². The van der Waals surface area contributed by atoms with Crippen molar-refractivity contribution in [3.63, 3.8) is 0 Å². The molecule has 2 aromatic carbocycles. The summed E-state index contributed by atoms with van der Waals surface area (Å²) in [7, 11) is 0. The lowest BCUT2D eigenvalue weighted by molar-refractivity contribution is -0.137. The molecule has 1 aromatic heterocycles. The Labute approximate surface area is 198 Å². The predicted octanol–water partition coefficient (Wildman–Crippen LogP) is 4.56. The Hall–Kier alpha value is -4.21. The van der Waals surface area contributed by atoms with Crippen LogP contribution in [0.25, 0.3) is 0 Å². The highest BCUT2D eigenvalue weighted by atomic mass is 19.4. The zero-order valence-corrected chi connectivity index (χ0v) is 18.3. The smallest absolute Gasteiger partial charge is 0.416 e. The maximum atomic E-state index is 13.4. The summed E-state index contributed by atoms with van der Waals surface area (Å²) < 4.78 is 52.5. The van der Waals surface area contributed by atoms with Crippen molar-refractivity contribution in [2.75, 3.05) is 11.4 Å². The minimum atomic E-state index is -4.59. The molecule has 0 aliphatic carbocycles. The molecule has 6 nitrogen and oxygen atoms in total. The molecular weight excluding hydrogens is 466 g/mol. The number of nitrogens with zero attached hydrogens (tertiary/aromatic N) is 2. The van der Waals surface area contributed by atoms with Crippen LogP contribution in [0.3, 0.4) is 0 Å². The molecule has 0 aliphatic rings. The number of benzene rings is 2. The lowest BCUT2D eigenvalue weighted by atomic mass is 10.0. The van der Waals surface area contributed by atoms with E-state index in [1.165, 1.54) is 30.5 Å². The molecule has 0 radical (unpaired) electrons. The van der Waals surface area contributed by atoms with Gasteiger partial charge in [0.25, 0.3) is 5.91 Å². The number of carbonyl (C=O) groups excluding carboxylic acids is 2. The Morgan fingerprint density at radius 3 is 2.43 bits per heavy atom. The van der Waals surface area contributed by atoms with Crippen LogP contribution in [0.1, 0.15) is 22.7 Å². The van der Waals surface area contributed by atoms with Gasteiger partial charge in [0.2, 0.25) is 5.91 Å². The number of aromatic hydroxyl groups is 1. The molecule has 35 heavy (non-hydrogen) atoms. The molecule has 1 atom stereocenters. The zero-order valence-electron chi connectivity index (χ0n) is 18.3. The number of alkyl halides is 3. The van der Waals surface area contributed by atoms with Crippen molar-refractivity contribution in [1.82, 2.24) is 10.3 Å². The van der Waals surface area contributed by atoms with Gasteiger partial charge in [-0.15, -0.1) is 0 Å². The van der Waals surface area contributed by atoms with Crippen LogP contribution in [0.5, 0.6) is 5.75 Å². The summed E-state index contributed by atoms with van der Waals surface area (Å²) in [5.41, 5.74) is -0.190. The van der Waals surface area contributed by atoms with Crippen LogP contribution < -0.4 is 10.2 Å². The maximum absolute atomic E-state index is 13.4. The van der Waals surface area contributed by atoms with Crippen molar-refractivity contribution in [3.05, 3.63) is 102 Å². The molecule has 0 fully saturated rings. The first kappa shape index (κ1) is 25.4. The van der Waals surface area contributed by atoms with Gasteiger partial charge in [0.15, 0.2) is 0 Å². The number of hydrogen-bond acceptors (Lipinski definition) is 4. The number of hydrogen-bond donors (Lipinski definition) is 2. The van der Waals surface area contributed by atoms with E-state index in [0.717, 1.165) is 41.4 Å². The average molecular weight is 487 g/mol. The Kier molecular flexibility index (Phi) is 7.85. The Balaban J connectivity index is 1.95. The third kappa shape index (κ3) is 6.44. The molecule has 0 saturated heterocycles. The van der Waals surface area contributed by atoms with Crippen molar-refractivity contribution >= 4 is 17.5 Å². The Morgan fingerprint density at radius 2 is 1.83 bits per heavy atom. The summed E-state index contributed by atoms with van der Waals surface area (Å²) >= 11 is 0. The number of carbonyl (C=O) groups is 2. The van der Waals surface area contributed by atoms with E-state index >= 15 is 0 Å². The molecule has 0 bridgehead atoms. The minimum Gasteiger partial charge on any atom is -0.506 e. The summed E-state index contributed by atoms with van der Waals surface area (Å²) in [6, 6.07) is 9.34. The first-order chi connectivity index (χ1) is 16.6. The van der Waals surface area contributed by atoms with Gasteiger partial charge in [0.05, 0.1) is 11.8 Å². The van der Waals surface area contributed by atoms with Crippen LogP contribution in [-0.4, -0.2) is 28.4 Å². The van der Waals surface area contributed by atoms with E-state index in [0.29, 0.717) is 5.56 Å². The monoisotopic (exact) mass is 487 g/mol. The molecule has 0 spiro atoms. The second-order valence-electron chi connectivity index (χ2n) is 7.51. The van der Waals surface area contributed by atoms with Crippen LogP contribution in [-0.2, 0) is 22.2 Å². The SMILES string of the molecule is C=CC(=O)N(c1ccc(C(F)(F)F)cc1)C(C(=O)NCCc1cccc(F)c1)c1cncc(O)c1. The number of anilines is 1. The molecule has 0 saturated carbocycles. The molecule has 1 heterocycles. The molecule has 3 aromatic rings. The lowest BCUT2D eigenvalue weighted by Gasteiger charge is -2.30. The van der Waals surface area contributed by atoms with Gasteiger partial charge in [-0.25, -0.2) is 4.39 Å². The average Bonchev–Trinajstić information content (AvgIpc) is 2.81. The van der Waals surface area contributed by atoms with Crippen molar-refractivity contribution in [2.24, 2.45) is 0 Å². The van der Waals surface area contributed by atoms with E-state index in [1.54, 1.807) is 6.07 Å². The van der Waals surface area contributed by atoms with Crippen LogP contribution in [0.4, 0.5) is 23.2 Å². The van der Waals surface area contributed by atoms with Crippen molar-refractivity contribution < 1.29 is 32.3 Å². The van der Waals surface area contributed by atoms with Gasteiger partial charge >= 0.3 is 6.18 Å². The highest BCUT2D eigenvalue weighted by molar-refractivity contribution is 6.06. The summed E-state index contributed by atoms with van der Waals surface area (Å²) in [6.45, 7) is 3.50. The lowest BCUT2D eigenvalue weighted by Crippen LogP contribution is -2.44. The third-order valence-electron chi connectivity index (χ3n) is 5.05. The second kappa shape index (κ2) is 10.8.